The first-order chi connectivity index (χ1) is 7.15. The minimum atomic E-state index is -0.892. The topological polar surface area (TPSA) is 92.4 Å². The number of hydrogen-bond acceptors (Lipinski definition) is 3. The summed E-state index contributed by atoms with van der Waals surface area (Å²) in [6, 6.07) is 0. The summed E-state index contributed by atoms with van der Waals surface area (Å²) in [6.07, 6.45) is 2.90. The van der Waals surface area contributed by atoms with Crippen LogP contribution in [0.15, 0.2) is 0 Å². The SMILES string of the molecule is NCC1CCCC1C(=O)NCCC(=O)O. The number of carboxylic acids is 1. The zero-order valence-corrected chi connectivity index (χ0v) is 8.74. The lowest BCUT2D eigenvalue weighted by atomic mass is 9.95. The Bertz CT molecular complexity index is 243. The van der Waals surface area contributed by atoms with Crippen LogP contribution in [0.3, 0.4) is 0 Å². The maximum atomic E-state index is 11.6. The summed E-state index contributed by atoms with van der Waals surface area (Å²) in [6.45, 7) is 0.749. The number of aliphatic carboxylic acids is 1. The molecule has 2 atom stereocenters. The third-order valence-corrected chi connectivity index (χ3v) is 2.94. The van der Waals surface area contributed by atoms with Crippen molar-refractivity contribution in [1.82, 2.24) is 5.32 Å². The van der Waals surface area contributed by atoms with Crippen LogP contribution in [0.1, 0.15) is 25.7 Å². The van der Waals surface area contributed by atoms with Crippen LogP contribution < -0.4 is 11.1 Å². The minimum Gasteiger partial charge on any atom is -0.481 e. The van der Waals surface area contributed by atoms with Crippen molar-refractivity contribution in [3.8, 4) is 0 Å². The summed E-state index contributed by atoms with van der Waals surface area (Å²) in [5, 5.41) is 11.1. The second-order valence-corrected chi connectivity index (χ2v) is 3.97. The van der Waals surface area contributed by atoms with Crippen LogP contribution in [0.25, 0.3) is 0 Å². The molecule has 0 aromatic heterocycles. The molecule has 2 unspecified atom stereocenters. The molecule has 0 aliphatic heterocycles. The highest BCUT2D eigenvalue weighted by Gasteiger charge is 2.31. The summed E-state index contributed by atoms with van der Waals surface area (Å²) in [5.74, 6) is -0.667. The van der Waals surface area contributed by atoms with Crippen LogP contribution >= 0.6 is 0 Å². The molecule has 0 bridgehead atoms. The number of rotatable bonds is 5. The largest absolute Gasteiger partial charge is 0.481 e. The highest BCUT2D eigenvalue weighted by atomic mass is 16.4. The fraction of sp³-hybridized carbons (Fsp3) is 0.800. The Kier molecular flexibility index (Phi) is 4.55. The number of carboxylic acid groups (broad SMARTS) is 1. The van der Waals surface area contributed by atoms with Gasteiger partial charge in [0.1, 0.15) is 0 Å². The molecule has 0 aromatic rings. The first-order valence-corrected chi connectivity index (χ1v) is 5.34. The molecule has 1 fully saturated rings. The van der Waals surface area contributed by atoms with Crippen molar-refractivity contribution < 1.29 is 14.7 Å². The quantitative estimate of drug-likeness (QED) is 0.598. The van der Waals surface area contributed by atoms with E-state index in [0.717, 1.165) is 19.3 Å². The molecule has 0 radical (unpaired) electrons. The van der Waals surface area contributed by atoms with E-state index >= 15 is 0 Å². The maximum Gasteiger partial charge on any atom is 0.305 e. The van der Waals surface area contributed by atoms with Gasteiger partial charge in [-0.3, -0.25) is 9.59 Å². The number of amides is 1. The summed E-state index contributed by atoms with van der Waals surface area (Å²) < 4.78 is 0. The van der Waals surface area contributed by atoms with E-state index in [9.17, 15) is 9.59 Å². The molecule has 0 saturated heterocycles. The van der Waals surface area contributed by atoms with E-state index in [0.29, 0.717) is 6.54 Å². The molecule has 5 heteroatoms. The lowest BCUT2D eigenvalue weighted by Gasteiger charge is -2.16. The molecule has 5 nitrogen and oxygen atoms in total. The standard InChI is InChI=1S/C10H18N2O3/c11-6-7-2-1-3-8(7)10(15)12-5-4-9(13)14/h7-8H,1-6,11H2,(H,12,15)(H,13,14). The van der Waals surface area contributed by atoms with Crippen molar-refractivity contribution in [3.63, 3.8) is 0 Å². The van der Waals surface area contributed by atoms with E-state index in [1.807, 2.05) is 0 Å². The van der Waals surface area contributed by atoms with Crippen molar-refractivity contribution in [2.75, 3.05) is 13.1 Å². The van der Waals surface area contributed by atoms with Gasteiger partial charge in [0.25, 0.3) is 0 Å². The Balaban J connectivity index is 2.29. The highest BCUT2D eigenvalue weighted by Crippen LogP contribution is 2.30. The molecule has 1 aliphatic rings. The van der Waals surface area contributed by atoms with E-state index in [1.54, 1.807) is 0 Å². The Hall–Kier alpha value is -1.10. The summed E-state index contributed by atoms with van der Waals surface area (Å²) in [7, 11) is 0. The summed E-state index contributed by atoms with van der Waals surface area (Å²) in [5.41, 5.74) is 5.56. The monoisotopic (exact) mass is 214 g/mol. The first kappa shape index (κ1) is 12.0. The molecule has 1 amide bonds. The molecule has 15 heavy (non-hydrogen) atoms. The maximum absolute atomic E-state index is 11.6. The number of carbonyl (C=O) groups excluding carboxylic acids is 1. The predicted octanol–water partition coefficient (Wildman–Crippen LogP) is -0.0477. The van der Waals surface area contributed by atoms with Crippen LogP contribution in [0.5, 0.6) is 0 Å². The van der Waals surface area contributed by atoms with E-state index in [-0.39, 0.29) is 30.7 Å². The third kappa shape index (κ3) is 3.51. The Morgan fingerprint density at radius 3 is 2.73 bits per heavy atom. The lowest BCUT2D eigenvalue weighted by molar-refractivity contribution is -0.137. The smallest absolute Gasteiger partial charge is 0.305 e. The summed E-state index contributed by atoms with van der Waals surface area (Å²) >= 11 is 0. The lowest BCUT2D eigenvalue weighted by Crippen LogP contribution is -2.36. The van der Waals surface area contributed by atoms with Gasteiger partial charge in [-0.1, -0.05) is 6.42 Å². The van der Waals surface area contributed by atoms with E-state index in [4.69, 9.17) is 10.8 Å². The zero-order chi connectivity index (χ0) is 11.3. The fourth-order valence-corrected chi connectivity index (χ4v) is 2.09. The molecular formula is C10H18N2O3. The Morgan fingerprint density at radius 1 is 1.40 bits per heavy atom. The van der Waals surface area contributed by atoms with Crippen LogP contribution in [-0.4, -0.2) is 30.1 Å². The van der Waals surface area contributed by atoms with Gasteiger partial charge < -0.3 is 16.2 Å². The van der Waals surface area contributed by atoms with Crippen LogP contribution in [0, 0.1) is 11.8 Å². The number of hydrogen-bond donors (Lipinski definition) is 3. The highest BCUT2D eigenvalue weighted by molar-refractivity contribution is 5.79. The van der Waals surface area contributed by atoms with Gasteiger partial charge >= 0.3 is 5.97 Å². The molecule has 1 aliphatic carbocycles. The average molecular weight is 214 g/mol. The van der Waals surface area contributed by atoms with E-state index < -0.39 is 5.97 Å². The van der Waals surface area contributed by atoms with Gasteiger partial charge in [0, 0.05) is 12.5 Å². The van der Waals surface area contributed by atoms with Gasteiger partial charge in [0.05, 0.1) is 6.42 Å². The molecule has 0 spiro atoms. The van der Waals surface area contributed by atoms with Crippen LogP contribution in [-0.2, 0) is 9.59 Å². The number of nitrogens with one attached hydrogen (secondary N) is 1. The average Bonchev–Trinajstić information content (AvgIpc) is 2.64. The van der Waals surface area contributed by atoms with Crippen molar-refractivity contribution in [1.29, 1.82) is 0 Å². The predicted molar refractivity (Wildman–Crippen MR) is 55.1 cm³/mol. The van der Waals surface area contributed by atoms with Crippen molar-refractivity contribution in [2.45, 2.75) is 25.7 Å². The zero-order valence-electron chi connectivity index (χ0n) is 8.74. The van der Waals surface area contributed by atoms with Crippen LogP contribution in [0.2, 0.25) is 0 Å². The van der Waals surface area contributed by atoms with Gasteiger partial charge in [-0.05, 0) is 25.3 Å². The van der Waals surface area contributed by atoms with Gasteiger partial charge in [-0.25, -0.2) is 0 Å². The molecule has 4 N–H and O–H groups in total. The molecule has 1 saturated carbocycles. The molecule has 1 rings (SSSR count). The molecule has 0 aromatic carbocycles. The van der Waals surface area contributed by atoms with Gasteiger partial charge in [-0.2, -0.15) is 0 Å². The Morgan fingerprint density at radius 2 is 2.13 bits per heavy atom. The summed E-state index contributed by atoms with van der Waals surface area (Å²) in [4.78, 5) is 21.9. The van der Waals surface area contributed by atoms with E-state index in [1.165, 1.54) is 0 Å². The van der Waals surface area contributed by atoms with Gasteiger partial charge in [0.2, 0.25) is 5.91 Å². The molecular weight excluding hydrogens is 196 g/mol. The third-order valence-electron chi connectivity index (χ3n) is 2.94. The van der Waals surface area contributed by atoms with Crippen LogP contribution in [0.4, 0.5) is 0 Å². The van der Waals surface area contributed by atoms with Crippen molar-refractivity contribution in [2.24, 2.45) is 17.6 Å². The second kappa shape index (κ2) is 5.70. The molecule has 86 valence electrons. The van der Waals surface area contributed by atoms with Crippen molar-refractivity contribution in [3.05, 3.63) is 0 Å². The normalized spacial score (nSPS) is 25.1. The van der Waals surface area contributed by atoms with Gasteiger partial charge in [0.15, 0.2) is 0 Å². The van der Waals surface area contributed by atoms with Crippen molar-refractivity contribution >= 4 is 11.9 Å². The first-order valence-electron chi connectivity index (χ1n) is 5.34. The number of nitrogens with two attached hydrogens (primary N) is 1. The Labute approximate surface area is 89.0 Å². The fourth-order valence-electron chi connectivity index (χ4n) is 2.09. The number of carbonyl (C=O) groups is 2. The van der Waals surface area contributed by atoms with E-state index in [2.05, 4.69) is 5.32 Å². The minimum absolute atomic E-state index is 0.0104. The molecule has 0 heterocycles. The van der Waals surface area contributed by atoms with Gasteiger partial charge in [-0.15, -0.1) is 0 Å². The second-order valence-electron chi connectivity index (χ2n) is 3.97.